The number of rotatable bonds is 6. The average Bonchev–Trinajstić information content (AvgIpc) is 2.52. The van der Waals surface area contributed by atoms with E-state index >= 15 is 0 Å². The van der Waals surface area contributed by atoms with Crippen LogP contribution in [0.5, 0.6) is 0 Å². The molecule has 2 rings (SSSR count). The predicted octanol–water partition coefficient (Wildman–Crippen LogP) is 2.81. The molecule has 2 aromatic rings. The summed E-state index contributed by atoms with van der Waals surface area (Å²) >= 11 is 3.30. The lowest BCUT2D eigenvalue weighted by Crippen LogP contribution is -2.37. The summed E-state index contributed by atoms with van der Waals surface area (Å²) in [5.74, 6) is -0.739. The van der Waals surface area contributed by atoms with Crippen molar-refractivity contribution in [1.29, 1.82) is 0 Å². The largest absolute Gasteiger partial charge is 0.326 e. The standard InChI is InChI=1S/C17H18BrN3O4S/c1-12(22)19-13-6-5-7-14(10-13)20-17(23)11-21(26(2,24)25)16-9-4-3-8-15(16)18/h3-10H,11H2,1-2H3,(H,19,22)(H,20,23). The van der Waals surface area contributed by atoms with Gasteiger partial charge in [0, 0.05) is 22.8 Å². The number of carbonyl (C=O) groups excluding carboxylic acids is 2. The molecule has 9 heteroatoms. The maximum atomic E-state index is 12.4. The van der Waals surface area contributed by atoms with Crippen LogP contribution in [0.2, 0.25) is 0 Å². The minimum atomic E-state index is -3.67. The molecule has 0 saturated heterocycles. The first kappa shape index (κ1) is 19.9. The minimum absolute atomic E-state index is 0.231. The molecule has 0 heterocycles. The van der Waals surface area contributed by atoms with E-state index in [-0.39, 0.29) is 12.5 Å². The second-order valence-electron chi connectivity index (χ2n) is 5.53. The lowest BCUT2D eigenvalue weighted by atomic mass is 10.2. The number of nitrogens with zero attached hydrogens (tertiary/aromatic N) is 1. The highest BCUT2D eigenvalue weighted by atomic mass is 79.9. The fraction of sp³-hybridized carbons (Fsp3) is 0.176. The van der Waals surface area contributed by atoms with Crippen LogP contribution in [0.4, 0.5) is 17.1 Å². The van der Waals surface area contributed by atoms with Crippen molar-refractivity contribution in [2.75, 3.05) is 27.7 Å². The number of nitrogens with one attached hydrogen (secondary N) is 2. The molecule has 0 aliphatic rings. The summed E-state index contributed by atoms with van der Waals surface area (Å²) in [7, 11) is -3.67. The Morgan fingerprint density at radius 1 is 1.04 bits per heavy atom. The van der Waals surface area contributed by atoms with Gasteiger partial charge in [-0.05, 0) is 46.3 Å². The van der Waals surface area contributed by atoms with Crippen LogP contribution in [0, 0.1) is 0 Å². The molecule has 0 atom stereocenters. The van der Waals surface area contributed by atoms with Crippen LogP contribution in [-0.2, 0) is 19.6 Å². The van der Waals surface area contributed by atoms with E-state index in [0.717, 1.165) is 10.6 Å². The van der Waals surface area contributed by atoms with Gasteiger partial charge in [-0.3, -0.25) is 13.9 Å². The number of hydrogen-bond donors (Lipinski definition) is 2. The fourth-order valence-electron chi connectivity index (χ4n) is 2.24. The van der Waals surface area contributed by atoms with Gasteiger partial charge >= 0.3 is 0 Å². The third-order valence-electron chi connectivity index (χ3n) is 3.28. The van der Waals surface area contributed by atoms with Crippen molar-refractivity contribution in [2.45, 2.75) is 6.92 Å². The van der Waals surface area contributed by atoms with E-state index in [4.69, 9.17) is 0 Å². The predicted molar refractivity (Wildman–Crippen MR) is 106 cm³/mol. The van der Waals surface area contributed by atoms with Gasteiger partial charge < -0.3 is 10.6 Å². The maximum Gasteiger partial charge on any atom is 0.245 e. The smallest absolute Gasteiger partial charge is 0.245 e. The van der Waals surface area contributed by atoms with Crippen LogP contribution < -0.4 is 14.9 Å². The van der Waals surface area contributed by atoms with Crippen molar-refractivity contribution in [3.05, 3.63) is 53.0 Å². The monoisotopic (exact) mass is 439 g/mol. The van der Waals surface area contributed by atoms with Gasteiger partial charge in [-0.1, -0.05) is 18.2 Å². The Morgan fingerprint density at radius 3 is 2.23 bits per heavy atom. The molecular weight excluding hydrogens is 422 g/mol. The van der Waals surface area contributed by atoms with Gasteiger partial charge in [-0.2, -0.15) is 0 Å². The first-order valence-electron chi connectivity index (χ1n) is 7.56. The van der Waals surface area contributed by atoms with Gasteiger partial charge in [0.05, 0.1) is 11.9 Å². The van der Waals surface area contributed by atoms with E-state index in [9.17, 15) is 18.0 Å². The average molecular weight is 440 g/mol. The Balaban J connectivity index is 2.18. The molecule has 0 unspecified atom stereocenters. The second kappa shape index (κ2) is 8.33. The van der Waals surface area contributed by atoms with Crippen LogP contribution in [0.1, 0.15) is 6.92 Å². The van der Waals surface area contributed by atoms with Crippen LogP contribution in [-0.4, -0.2) is 33.0 Å². The molecule has 2 aromatic carbocycles. The van der Waals surface area contributed by atoms with Gasteiger partial charge in [0.25, 0.3) is 0 Å². The van der Waals surface area contributed by atoms with E-state index in [1.165, 1.54) is 6.92 Å². The van der Waals surface area contributed by atoms with Crippen LogP contribution >= 0.6 is 15.9 Å². The van der Waals surface area contributed by atoms with Crippen molar-refractivity contribution in [2.24, 2.45) is 0 Å². The Bertz CT molecular complexity index is 931. The zero-order chi connectivity index (χ0) is 19.3. The molecule has 2 amide bonds. The topological polar surface area (TPSA) is 95.6 Å². The Morgan fingerprint density at radius 2 is 1.65 bits per heavy atom. The zero-order valence-corrected chi connectivity index (χ0v) is 16.6. The van der Waals surface area contributed by atoms with Crippen molar-refractivity contribution in [1.82, 2.24) is 0 Å². The summed E-state index contributed by atoms with van der Waals surface area (Å²) in [6.45, 7) is 0.999. The molecule has 0 spiro atoms. The fourth-order valence-corrected chi connectivity index (χ4v) is 3.73. The van der Waals surface area contributed by atoms with E-state index < -0.39 is 15.9 Å². The summed E-state index contributed by atoms with van der Waals surface area (Å²) in [4.78, 5) is 23.5. The summed E-state index contributed by atoms with van der Waals surface area (Å²) in [6.07, 6.45) is 1.04. The lowest BCUT2D eigenvalue weighted by molar-refractivity contribution is -0.115. The van der Waals surface area contributed by atoms with Gasteiger partial charge in [-0.15, -0.1) is 0 Å². The molecule has 0 aliphatic carbocycles. The zero-order valence-electron chi connectivity index (χ0n) is 14.2. The molecular formula is C17H18BrN3O4S. The molecule has 0 bridgehead atoms. The number of benzene rings is 2. The number of carbonyl (C=O) groups is 2. The van der Waals surface area contributed by atoms with Crippen LogP contribution in [0.25, 0.3) is 0 Å². The molecule has 0 saturated carbocycles. The summed E-state index contributed by atoms with van der Waals surface area (Å²) in [6, 6.07) is 13.3. The van der Waals surface area contributed by atoms with E-state index in [1.807, 2.05) is 0 Å². The first-order chi connectivity index (χ1) is 12.2. The highest BCUT2D eigenvalue weighted by molar-refractivity contribution is 9.10. The molecule has 0 aromatic heterocycles. The first-order valence-corrected chi connectivity index (χ1v) is 10.2. The Kier molecular flexibility index (Phi) is 6.38. The quantitative estimate of drug-likeness (QED) is 0.722. The van der Waals surface area contributed by atoms with Crippen LogP contribution in [0.3, 0.4) is 0 Å². The van der Waals surface area contributed by atoms with E-state index in [0.29, 0.717) is 21.5 Å². The highest BCUT2D eigenvalue weighted by Gasteiger charge is 2.22. The minimum Gasteiger partial charge on any atom is -0.326 e. The third kappa shape index (κ3) is 5.57. The summed E-state index contributed by atoms with van der Waals surface area (Å²) in [5, 5.41) is 5.25. The Hall–Kier alpha value is -2.39. The number of hydrogen-bond acceptors (Lipinski definition) is 4. The normalized spacial score (nSPS) is 10.9. The maximum absolute atomic E-state index is 12.4. The molecule has 0 radical (unpaired) electrons. The number of anilines is 3. The third-order valence-corrected chi connectivity index (χ3v) is 5.07. The van der Waals surface area contributed by atoms with Crippen molar-refractivity contribution < 1.29 is 18.0 Å². The van der Waals surface area contributed by atoms with E-state index in [2.05, 4.69) is 26.6 Å². The summed E-state index contributed by atoms with van der Waals surface area (Å²) in [5.41, 5.74) is 1.35. The Labute approximate surface area is 160 Å². The summed E-state index contributed by atoms with van der Waals surface area (Å²) < 4.78 is 25.8. The van der Waals surface area contributed by atoms with Crippen LogP contribution in [0.15, 0.2) is 53.0 Å². The van der Waals surface area contributed by atoms with Gasteiger partial charge in [0.15, 0.2) is 0 Å². The lowest BCUT2D eigenvalue weighted by Gasteiger charge is -2.23. The molecule has 0 fully saturated rings. The van der Waals surface area contributed by atoms with Gasteiger partial charge in [-0.25, -0.2) is 8.42 Å². The molecule has 138 valence electrons. The molecule has 7 nitrogen and oxygen atoms in total. The highest BCUT2D eigenvalue weighted by Crippen LogP contribution is 2.27. The number of sulfonamides is 1. The van der Waals surface area contributed by atoms with Crippen molar-refractivity contribution in [3.63, 3.8) is 0 Å². The van der Waals surface area contributed by atoms with Crippen molar-refractivity contribution >= 4 is 54.8 Å². The number of para-hydroxylation sites is 1. The van der Waals surface area contributed by atoms with Crippen molar-refractivity contribution in [3.8, 4) is 0 Å². The molecule has 26 heavy (non-hydrogen) atoms. The number of halogens is 1. The number of amides is 2. The molecule has 2 N–H and O–H groups in total. The second-order valence-corrected chi connectivity index (χ2v) is 8.29. The molecule has 0 aliphatic heterocycles. The van der Waals surface area contributed by atoms with Gasteiger partial charge in [0.2, 0.25) is 21.8 Å². The van der Waals surface area contributed by atoms with Gasteiger partial charge in [0.1, 0.15) is 6.54 Å². The SMILES string of the molecule is CC(=O)Nc1cccc(NC(=O)CN(c2ccccc2Br)S(C)(=O)=O)c1. The van der Waals surface area contributed by atoms with E-state index in [1.54, 1.807) is 48.5 Å².